The minimum atomic E-state index is 0.0583. The van der Waals surface area contributed by atoms with Gasteiger partial charge in [-0.3, -0.25) is 0 Å². The highest BCUT2D eigenvalue weighted by Gasteiger charge is 2.44. The molecule has 2 aromatic rings. The van der Waals surface area contributed by atoms with E-state index in [-0.39, 0.29) is 5.41 Å². The molecule has 0 amide bonds. The van der Waals surface area contributed by atoms with E-state index >= 15 is 0 Å². The first-order chi connectivity index (χ1) is 11.0. The van der Waals surface area contributed by atoms with Crippen molar-refractivity contribution in [3.05, 3.63) is 35.7 Å². The molecule has 2 fully saturated rings. The van der Waals surface area contributed by atoms with Crippen LogP contribution >= 0.6 is 0 Å². The second-order valence-electron chi connectivity index (χ2n) is 8.30. The maximum Gasteiger partial charge on any atom is 0.247 e. The number of aryl methyl sites for hydroxylation is 1. The average molecular weight is 310 g/mol. The molecular weight excluding hydrogens is 284 g/mol. The summed E-state index contributed by atoms with van der Waals surface area (Å²) in [7, 11) is 0. The first kappa shape index (κ1) is 14.9. The summed E-state index contributed by atoms with van der Waals surface area (Å²) in [6.45, 7) is 6.83. The highest BCUT2D eigenvalue weighted by molar-refractivity contribution is 5.53. The summed E-state index contributed by atoms with van der Waals surface area (Å²) in [6, 6.07) is 8.29. The van der Waals surface area contributed by atoms with Crippen LogP contribution in [0.2, 0.25) is 0 Å². The SMILES string of the molecule is Cc1cccc(-c2nnc(C3(C)CC4CC(C)CC(C4)C3)o2)c1. The molecule has 2 bridgehead atoms. The summed E-state index contributed by atoms with van der Waals surface area (Å²) in [4.78, 5) is 0. The van der Waals surface area contributed by atoms with Gasteiger partial charge in [0.05, 0.1) is 0 Å². The number of rotatable bonds is 2. The predicted molar refractivity (Wildman–Crippen MR) is 91.1 cm³/mol. The second-order valence-corrected chi connectivity index (χ2v) is 8.30. The third-order valence-corrected chi connectivity index (χ3v) is 5.82. The number of aromatic nitrogens is 2. The molecule has 0 aliphatic heterocycles. The number of nitrogens with zero attached hydrogens (tertiary/aromatic N) is 2. The lowest BCUT2D eigenvalue weighted by Gasteiger charge is -2.45. The molecule has 2 saturated carbocycles. The third kappa shape index (κ3) is 2.82. The standard InChI is InChI=1S/C20H26N2O/c1-13-5-4-6-17(9-13)18-21-22-19(23-18)20(3)11-15-7-14(2)8-16(10-15)12-20/h4-6,9,14-16H,7-8,10-12H2,1-3H3. The Morgan fingerprint density at radius 3 is 2.52 bits per heavy atom. The van der Waals surface area contributed by atoms with Gasteiger partial charge in [0.25, 0.3) is 0 Å². The Hall–Kier alpha value is -1.64. The summed E-state index contributed by atoms with van der Waals surface area (Å²) >= 11 is 0. The largest absolute Gasteiger partial charge is 0.420 e. The molecule has 3 heteroatoms. The fraction of sp³-hybridized carbons (Fsp3) is 0.600. The smallest absolute Gasteiger partial charge is 0.247 e. The Morgan fingerprint density at radius 2 is 1.83 bits per heavy atom. The fourth-order valence-electron chi connectivity index (χ4n) is 5.13. The van der Waals surface area contributed by atoms with Gasteiger partial charge in [0.1, 0.15) is 0 Å². The van der Waals surface area contributed by atoms with E-state index < -0.39 is 0 Å². The summed E-state index contributed by atoms with van der Waals surface area (Å²) in [5.41, 5.74) is 2.30. The van der Waals surface area contributed by atoms with Crippen LogP contribution in [0.4, 0.5) is 0 Å². The van der Waals surface area contributed by atoms with Crippen molar-refractivity contribution >= 4 is 0 Å². The van der Waals surface area contributed by atoms with Gasteiger partial charge in [0.2, 0.25) is 11.8 Å². The number of hydrogen-bond acceptors (Lipinski definition) is 3. The Morgan fingerprint density at radius 1 is 1.09 bits per heavy atom. The van der Waals surface area contributed by atoms with Crippen molar-refractivity contribution in [1.82, 2.24) is 10.2 Å². The monoisotopic (exact) mass is 310 g/mol. The zero-order valence-corrected chi connectivity index (χ0v) is 14.4. The van der Waals surface area contributed by atoms with Crippen LogP contribution in [0.5, 0.6) is 0 Å². The molecule has 23 heavy (non-hydrogen) atoms. The Labute approximate surface area is 138 Å². The van der Waals surface area contributed by atoms with Crippen molar-refractivity contribution in [2.75, 3.05) is 0 Å². The summed E-state index contributed by atoms with van der Waals surface area (Å²) < 4.78 is 6.14. The van der Waals surface area contributed by atoms with Crippen LogP contribution in [0.1, 0.15) is 57.4 Å². The van der Waals surface area contributed by atoms with Crippen molar-refractivity contribution in [2.45, 2.75) is 58.3 Å². The molecule has 2 aliphatic carbocycles. The lowest BCUT2D eigenvalue weighted by atomic mass is 9.59. The molecule has 1 heterocycles. The van der Waals surface area contributed by atoms with Crippen molar-refractivity contribution in [1.29, 1.82) is 0 Å². The lowest BCUT2D eigenvalue weighted by Crippen LogP contribution is -2.39. The van der Waals surface area contributed by atoms with Crippen LogP contribution in [0, 0.1) is 24.7 Å². The van der Waals surface area contributed by atoms with Gasteiger partial charge < -0.3 is 4.42 Å². The van der Waals surface area contributed by atoms with Crippen LogP contribution < -0.4 is 0 Å². The fourth-order valence-corrected chi connectivity index (χ4v) is 5.13. The minimum Gasteiger partial charge on any atom is -0.420 e. The molecule has 122 valence electrons. The van der Waals surface area contributed by atoms with E-state index in [4.69, 9.17) is 4.42 Å². The predicted octanol–water partition coefficient (Wildman–Crippen LogP) is 5.15. The lowest BCUT2D eigenvalue weighted by molar-refractivity contribution is 0.0763. The van der Waals surface area contributed by atoms with Crippen LogP contribution in [-0.4, -0.2) is 10.2 Å². The third-order valence-electron chi connectivity index (χ3n) is 5.82. The van der Waals surface area contributed by atoms with Gasteiger partial charge in [-0.05, 0) is 68.9 Å². The highest BCUT2D eigenvalue weighted by atomic mass is 16.4. The number of hydrogen-bond donors (Lipinski definition) is 0. The molecule has 2 unspecified atom stereocenters. The highest BCUT2D eigenvalue weighted by Crippen LogP contribution is 2.51. The van der Waals surface area contributed by atoms with Gasteiger partial charge in [-0.25, -0.2) is 0 Å². The van der Waals surface area contributed by atoms with E-state index in [1.165, 1.54) is 37.7 Å². The molecule has 0 spiro atoms. The molecule has 2 aliphatic rings. The summed E-state index contributed by atoms with van der Waals surface area (Å²) in [6.07, 6.45) is 6.53. The minimum absolute atomic E-state index is 0.0583. The zero-order chi connectivity index (χ0) is 16.0. The Bertz CT molecular complexity index is 687. The van der Waals surface area contributed by atoms with Crippen LogP contribution in [0.25, 0.3) is 11.5 Å². The van der Waals surface area contributed by atoms with E-state index in [9.17, 15) is 0 Å². The molecule has 0 saturated heterocycles. The molecule has 0 radical (unpaired) electrons. The topological polar surface area (TPSA) is 38.9 Å². The van der Waals surface area contributed by atoms with E-state index in [0.717, 1.165) is 29.2 Å². The van der Waals surface area contributed by atoms with E-state index in [0.29, 0.717) is 5.89 Å². The van der Waals surface area contributed by atoms with Crippen molar-refractivity contribution in [3.8, 4) is 11.5 Å². The summed E-state index contributed by atoms with van der Waals surface area (Å²) in [5, 5.41) is 8.79. The van der Waals surface area contributed by atoms with Gasteiger partial charge in [-0.2, -0.15) is 0 Å². The van der Waals surface area contributed by atoms with Crippen LogP contribution in [-0.2, 0) is 5.41 Å². The maximum absolute atomic E-state index is 6.14. The van der Waals surface area contributed by atoms with E-state index in [2.05, 4.69) is 43.1 Å². The molecular formula is C20H26N2O. The van der Waals surface area contributed by atoms with Crippen molar-refractivity contribution < 1.29 is 4.42 Å². The van der Waals surface area contributed by atoms with Gasteiger partial charge in [-0.1, -0.05) is 31.5 Å². The second kappa shape index (κ2) is 5.47. The quantitative estimate of drug-likeness (QED) is 0.770. The average Bonchev–Trinajstić information content (AvgIpc) is 2.96. The molecule has 2 atom stereocenters. The van der Waals surface area contributed by atoms with Crippen LogP contribution in [0.3, 0.4) is 0 Å². The van der Waals surface area contributed by atoms with Gasteiger partial charge in [0, 0.05) is 11.0 Å². The Balaban J connectivity index is 1.61. The first-order valence-corrected chi connectivity index (χ1v) is 8.93. The van der Waals surface area contributed by atoms with Gasteiger partial charge >= 0.3 is 0 Å². The normalized spacial score (nSPS) is 33.6. The molecule has 1 aromatic carbocycles. The molecule has 0 N–H and O–H groups in total. The number of benzene rings is 1. The molecule has 4 rings (SSSR count). The van der Waals surface area contributed by atoms with Gasteiger partial charge in [0.15, 0.2) is 0 Å². The molecule has 3 nitrogen and oxygen atoms in total. The molecule has 1 aromatic heterocycles. The number of fused-ring (bicyclic) bond motifs is 2. The first-order valence-electron chi connectivity index (χ1n) is 8.93. The van der Waals surface area contributed by atoms with E-state index in [1.807, 2.05) is 12.1 Å². The van der Waals surface area contributed by atoms with Crippen molar-refractivity contribution in [3.63, 3.8) is 0 Å². The summed E-state index contributed by atoms with van der Waals surface area (Å²) in [5.74, 6) is 4.05. The van der Waals surface area contributed by atoms with Gasteiger partial charge in [-0.15, -0.1) is 10.2 Å². The maximum atomic E-state index is 6.14. The Kier molecular flexibility index (Phi) is 3.55. The van der Waals surface area contributed by atoms with E-state index in [1.54, 1.807) is 0 Å². The van der Waals surface area contributed by atoms with Crippen molar-refractivity contribution in [2.24, 2.45) is 17.8 Å². The zero-order valence-electron chi connectivity index (χ0n) is 14.4. The van der Waals surface area contributed by atoms with Crippen LogP contribution in [0.15, 0.2) is 28.7 Å².